The molecule has 1 saturated heterocycles. The summed E-state index contributed by atoms with van der Waals surface area (Å²) < 4.78 is 48.1. The van der Waals surface area contributed by atoms with Gasteiger partial charge in [-0.3, -0.25) is 15.0 Å². The maximum Gasteiger partial charge on any atom is 0.268 e. The zero-order valence-corrected chi connectivity index (χ0v) is 20.3. The lowest BCUT2D eigenvalue weighted by atomic mass is 9.96. The molecule has 0 aromatic heterocycles. The quantitative estimate of drug-likeness (QED) is 0.425. The molecule has 3 aliphatic rings. The van der Waals surface area contributed by atoms with Crippen molar-refractivity contribution in [2.75, 3.05) is 18.5 Å². The molecule has 8 nitrogen and oxygen atoms in total. The molecule has 1 atom stereocenters. The Labute approximate surface area is 212 Å². The van der Waals surface area contributed by atoms with Gasteiger partial charge in [-0.05, 0) is 37.1 Å². The van der Waals surface area contributed by atoms with Gasteiger partial charge in [-0.15, -0.1) is 0 Å². The third-order valence-corrected chi connectivity index (χ3v) is 6.28. The van der Waals surface area contributed by atoms with Gasteiger partial charge >= 0.3 is 0 Å². The van der Waals surface area contributed by atoms with Crippen LogP contribution < -0.4 is 21.4 Å². The molecular weight excluding hydrogens is 487 g/mol. The van der Waals surface area contributed by atoms with Gasteiger partial charge in [0.05, 0.1) is 18.4 Å². The number of nitrogens with one attached hydrogen (secondary N) is 4. The number of anilines is 1. The van der Waals surface area contributed by atoms with Crippen LogP contribution in [0, 0.1) is 5.82 Å². The van der Waals surface area contributed by atoms with Crippen LogP contribution in [0.1, 0.15) is 31.7 Å². The van der Waals surface area contributed by atoms with Crippen molar-refractivity contribution in [3.05, 3.63) is 76.9 Å². The molecule has 2 aliphatic heterocycles. The van der Waals surface area contributed by atoms with Gasteiger partial charge in [0, 0.05) is 54.7 Å². The molecule has 11 heteroatoms. The highest BCUT2D eigenvalue weighted by Gasteiger charge is 2.44. The Morgan fingerprint density at radius 3 is 2.81 bits per heavy atom. The smallest absolute Gasteiger partial charge is 0.268 e. The van der Waals surface area contributed by atoms with Crippen molar-refractivity contribution in [2.24, 2.45) is 5.10 Å². The average molecular weight is 516 g/mol. The number of allylic oxidation sites excluding steroid dienone is 4. The summed E-state index contributed by atoms with van der Waals surface area (Å²) in [6, 6.07) is 4.21. The van der Waals surface area contributed by atoms with Crippen molar-refractivity contribution in [3.8, 4) is 0 Å². The van der Waals surface area contributed by atoms with Crippen LogP contribution in [0.5, 0.6) is 0 Å². The van der Waals surface area contributed by atoms with E-state index in [9.17, 15) is 22.8 Å². The van der Waals surface area contributed by atoms with Crippen molar-refractivity contribution in [3.63, 3.8) is 0 Å². The number of amides is 2. The third-order valence-electron chi connectivity index (χ3n) is 6.28. The Balaban J connectivity index is 1.42. The molecule has 2 heterocycles. The zero-order chi connectivity index (χ0) is 26.6. The number of ether oxygens (including phenoxy) is 1. The minimum atomic E-state index is -2.99. The summed E-state index contributed by atoms with van der Waals surface area (Å²) >= 11 is 0. The van der Waals surface area contributed by atoms with Gasteiger partial charge in [0.2, 0.25) is 5.91 Å². The van der Waals surface area contributed by atoms with Crippen LogP contribution in [0.4, 0.5) is 18.9 Å². The van der Waals surface area contributed by atoms with Gasteiger partial charge in [-0.1, -0.05) is 18.7 Å². The summed E-state index contributed by atoms with van der Waals surface area (Å²) in [4.78, 5) is 25.8. The molecule has 0 unspecified atom stereocenters. The molecule has 4 N–H and O–H groups in total. The summed E-state index contributed by atoms with van der Waals surface area (Å²) in [5.41, 5.74) is 2.65. The fourth-order valence-corrected chi connectivity index (χ4v) is 4.26. The molecule has 37 heavy (non-hydrogen) atoms. The lowest BCUT2D eigenvalue weighted by molar-refractivity contribution is -0.132. The first-order valence-corrected chi connectivity index (χ1v) is 11.8. The van der Waals surface area contributed by atoms with Gasteiger partial charge in [0.25, 0.3) is 11.8 Å². The highest BCUT2D eigenvalue weighted by atomic mass is 19.3. The normalized spacial score (nSPS) is 21.4. The van der Waals surface area contributed by atoms with Gasteiger partial charge < -0.3 is 20.7 Å². The van der Waals surface area contributed by atoms with Crippen molar-refractivity contribution in [1.82, 2.24) is 16.1 Å². The predicted octanol–water partition coefficient (Wildman–Crippen LogP) is 3.42. The second-order valence-corrected chi connectivity index (χ2v) is 9.17. The SMILES string of the molecule is C=C1C=C(C(=O)N[C@@]2(C(=O)NCc3ccc(NC4=C(C(C)(F)F)CCC=C4)cc3F)CCOC2)C=NN1. The minimum Gasteiger partial charge on any atom is -0.378 e. The van der Waals surface area contributed by atoms with E-state index in [1.54, 1.807) is 18.2 Å². The van der Waals surface area contributed by atoms with Crippen LogP contribution >= 0.6 is 0 Å². The van der Waals surface area contributed by atoms with Crippen molar-refractivity contribution >= 4 is 23.7 Å². The average Bonchev–Trinajstić information content (AvgIpc) is 3.33. The predicted molar refractivity (Wildman–Crippen MR) is 133 cm³/mol. The van der Waals surface area contributed by atoms with Gasteiger partial charge in [0.1, 0.15) is 11.4 Å². The molecule has 1 aliphatic carbocycles. The number of hydrogen-bond donors (Lipinski definition) is 4. The number of halogens is 3. The van der Waals surface area contributed by atoms with Gasteiger partial charge in [-0.25, -0.2) is 13.2 Å². The van der Waals surface area contributed by atoms with Crippen LogP contribution in [0.2, 0.25) is 0 Å². The van der Waals surface area contributed by atoms with Crippen molar-refractivity contribution in [2.45, 2.75) is 44.2 Å². The number of hydrogen-bond acceptors (Lipinski definition) is 6. The Morgan fingerprint density at radius 1 is 1.32 bits per heavy atom. The molecule has 0 spiro atoms. The minimum absolute atomic E-state index is 0.0336. The standard InChI is InChI=1S/C26H28F3N5O3/c1-16-11-18(14-31-34-16)23(35)33-26(9-10-37-15-26)24(36)30-13-17-7-8-19(12-21(17)27)32-22-6-4-3-5-20(22)25(2,28)29/h4,6-8,11-12,14,32,34H,1,3,5,9-10,13,15H2,2H3,(H,30,36)(H,33,35)/t26-/m0/s1. The fourth-order valence-electron chi connectivity index (χ4n) is 4.26. The maximum absolute atomic E-state index is 14.8. The van der Waals surface area contributed by atoms with Crippen LogP contribution in [0.15, 0.2) is 70.6 Å². The van der Waals surface area contributed by atoms with E-state index in [1.807, 2.05) is 0 Å². The van der Waals surface area contributed by atoms with Crippen LogP contribution in [0.3, 0.4) is 0 Å². The second-order valence-electron chi connectivity index (χ2n) is 9.17. The lowest BCUT2D eigenvalue weighted by Crippen LogP contribution is -2.59. The fraction of sp³-hybridized carbons (Fsp3) is 0.346. The molecule has 2 amide bonds. The first-order chi connectivity index (χ1) is 17.6. The molecule has 4 rings (SSSR count). The maximum atomic E-state index is 14.8. The van der Waals surface area contributed by atoms with E-state index in [-0.39, 0.29) is 55.0 Å². The van der Waals surface area contributed by atoms with Crippen molar-refractivity contribution < 1.29 is 27.5 Å². The monoisotopic (exact) mass is 515 g/mol. The van der Waals surface area contributed by atoms with Gasteiger partial charge in [0.15, 0.2) is 0 Å². The summed E-state index contributed by atoms with van der Waals surface area (Å²) in [6.07, 6.45) is 7.14. The Kier molecular flexibility index (Phi) is 7.53. The summed E-state index contributed by atoms with van der Waals surface area (Å²) in [6.45, 7) is 4.62. The van der Waals surface area contributed by atoms with Crippen molar-refractivity contribution in [1.29, 1.82) is 0 Å². The van der Waals surface area contributed by atoms with E-state index in [2.05, 4.69) is 33.1 Å². The molecule has 0 bridgehead atoms. The first-order valence-electron chi connectivity index (χ1n) is 11.8. The van der Waals surface area contributed by atoms with Crippen LogP contribution in [-0.2, 0) is 20.9 Å². The van der Waals surface area contributed by atoms with E-state index < -0.39 is 29.1 Å². The molecule has 196 valence electrons. The Hall–Kier alpha value is -3.86. The molecule has 1 aromatic carbocycles. The lowest BCUT2D eigenvalue weighted by Gasteiger charge is -2.28. The Morgan fingerprint density at radius 2 is 2.14 bits per heavy atom. The summed E-state index contributed by atoms with van der Waals surface area (Å²) in [5, 5.41) is 12.1. The first kappa shape index (κ1) is 26.2. The number of rotatable bonds is 8. The highest BCUT2D eigenvalue weighted by Crippen LogP contribution is 2.33. The number of carbonyl (C=O) groups is 2. The highest BCUT2D eigenvalue weighted by molar-refractivity contribution is 6.14. The largest absolute Gasteiger partial charge is 0.378 e. The van der Waals surface area contributed by atoms with E-state index in [4.69, 9.17) is 4.74 Å². The molecule has 1 fully saturated rings. The van der Waals surface area contributed by atoms with E-state index in [0.717, 1.165) is 6.92 Å². The van der Waals surface area contributed by atoms with Gasteiger partial charge in [-0.2, -0.15) is 5.10 Å². The Bertz CT molecular complexity index is 1220. The third kappa shape index (κ3) is 6.11. The summed E-state index contributed by atoms with van der Waals surface area (Å²) in [5.74, 6) is -4.64. The molecule has 0 saturated carbocycles. The van der Waals surface area contributed by atoms with E-state index in [0.29, 0.717) is 17.8 Å². The summed E-state index contributed by atoms with van der Waals surface area (Å²) in [7, 11) is 0. The topological polar surface area (TPSA) is 104 Å². The molecule has 1 aromatic rings. The number of hydrazone groups is 1. The van der Waals surface area contributed by atoms with E-state index >= 15 is 0 Å². The molecule has 0 radical (unpaired) electrons. The molecular formula is C26H28F3N5O3. The van der Waals surface area contributed by atoms with Crippen LogP contribution in [0.25, 0.3) is 0 Å². The van der Waals surface area contributed by atoms with Crippen LogP contribution in [-0.4, -0.2) is 42.7 Å². The number of nitrogens with zero attached hydrogens (tertiary/aromatic N) is 1. The second kappa shape index (κ2) is 10.6. The number of benzene rings is 1. The number of carbonyl (C=O) groups excluding carboxylic acids is 2. The van der Waals surface area contributed by atoms with E-state index in [1.165, 1.54) is 24.4 Å². The number of alkyl halides is 2. The zero-order valence-electron chi connectivity index (χ0n) is 20.3.